The van der Waals surface area contributed by atoms with Gasteiger partial charge in [0.05, 0.1) is 24.2 Å². The molecule has 0 radical (unpaired) electrons. The van der Waals surface area contributed by atoms with E-state index in [1.54, 1.807) is 25.7 Å². The van der Waals surface area contributed by atoms with Crippen LogP contribution in [0, 0.1) is 6.92 Å². The molecule has 0 bridgehead atoms. The Labute approximate surface area is 136 Å². The van der Waals surface area contributed by atoms with Crippen LogP contribution in [-0.4, -0.2) is 34.2 Å². The van der Waals surface area contributed by atoms with E-state index in [0.29, 0.717) is 18.1 Å². The summed E-state index contributed by atoms with van der Waals surface area (Å²) < 4.78 is 5.40. The normalized spacial score (nSPS) is 21.0. The van der Waals surface area contributed by atoms with Crippen molar-refractivity contribution in [2.45, 2.75) is 44.8 Å². The van der Waals surface area contributed by atoms with Gasteiger partial charge in [-0.1, -0.05) is 0 Å². The lowest BCUT2D eigenvalue weighted by Gasteiger charge is -2.28. The van der Waals surface area contributed by atoms with Crippen LogP contribution in [0.2, 0.25) is 0 Å². The molecule has 2 aromatic heterocycles. The van der Waals surface area contributed by atoms with E-state index in [1.165, 1.54) is 0 Å². The van der Waals surface area contributed by atoms with Crippen LogP contribution in [0.15, 0.2) is 30.9 Å². The number of hydrogen-bond donors (Lipinski definition) is 2. The molecule has 6 nitrogen and oxygen atoms in total. The second-order valence-corrected chi connectivity index (χ2v) is 5.96. The van der Waals surface area contributed by atoms with Crippen LogP contribution in [0.1, 0.15) is 31.2 Å². The van der Waals surface area contributed by atoms with Gasteiger partial charge in [0.1, 0.15) is 0 Å². The summed E-state index contributed by atoms with van der Waals surface area (Å²) in [5.74, 6) is 0.683. The van der Waals surface area contributed by atoms with Gasteiger partial charge < -0.3 is 15.4 Å². The Bertz CT molecular complexity index is 623. The quantitative estimate of drug-likeness (QED) is 0.882. The number of methoxy groups -OCH3 is 1. The molecular weight excluding hydrogens is 290 g/mol. The highest BCUT2D eigenvalue weighted by Crippen LogP contribution is 2.23. The van der Waals surface area contributed by atoms with E-state index in [-0.39, 0.29) is 0 Å². The van der Waals surface area contributed by atoms with Crippen molar-refractivity contribution < 1.29 is 4.74 Å². The summed E-state index contributed by atoms with van der Waals surface area (Å²) in [5, 5.41) is 6.72. The molecule has 1 aliphatic rings. The van der Waals surface area contributed by atoms with Gasteiger partial charge in [0, 0.05) is 31.2 Å². The van der Waals surface area contributed by atoms with E-state index in [9.17, 15) is 0 Å². The number of nitrogens with zero attached hydrogens (tertiary/aromatic N) is 3. The van der Waals surface area contributed by atoms with Crippen molar-refractivity contribution in [3.8, 4) is 0 Å². The largest absolute Gasteiger partial charge is 0.381 e. The van der Waals surface area contributed by atoms with Crippen LogP contribution in [0.4, 0.5) is 17.3 Å². The van der Waals surface area contributed by atoms with Crippen molar-refractivity contribution in [1.82, 2.24) is 15.0 Å². The molecule has 0 atom stereocenters. The predicted molar refractivity (Wildman–Crippen MR) is 91.0 cm³/mol. The summed E-state index contributed by atoms with van der Waals surface area (Å²) in [4.78, 5) is 12.9. The van der Waals surface area contributed by atoms with E-state index >= 15 is 0 Å². The lowest BCUT2D eigenvalue weighted by atomic mass is 9.93. The number of ether oxygens (including phenoxy) is 1. The zero-order valence-electron chi connectivity index (χ0n) is 13.6. The number of pyridine rings is 1. The molecule has 2 N–H and O–H groups in total. The minimum absolute atomic E-state index is 0.407. The summed E-state index contributed by atoms with van der Waals surface area (Å²) in [6.07, 6.45) is 12.0. The number of anilines is 3. The fraction of sp³-hybridized carbons (Fsp3) is 0.471. The molecule has 2 heterocycles. The predicted octanol–water partition coefficient (Wildman–Crippen LogP) is 3.29. The minimum atomic E-state index is 0.407. The molecule has 6 heteroatoms. The van der Waals surface area contributed by atoms with E-state index in [0.717, 1.165) is 42.6 Å². The Morgan fingerprint density at radius 2 is 1.83 bits per heavy atom. The molecule has 0 amide bonds. The Hall–Kier alpha value is -2.21. The monoisotopic (exact) mass is 313 g/mol. The van der Waals surface area contributed by atoms with Crippen LogP contribution in [0.5, 0.6) is 0 Å². The Balaban J connectivity index is 1.56. The highest BCUT2D eigenvalue weighted by molar-refractivity contribution is 5.61. The first-order chi connectivity index (χ1) is 11.2. The standard InChI is InChI=1S/C17H23N5O/c1-12-9-18-8-7-16(12)21-14-10-19-17(20-11-14)22-13-3-5-15(23-2)6-4-13/h7-11,13,15H,3-6H2,1-2H3,(H,18,21)(H,19,20,22). The number of nitrogens with one attached hydrogen (secondary N) is 2. The molecule has 3 rings (SSSR count). The lowest BCUT2D eigenvalue weighted by Crippen LogP contribution is -2.29. The van der Waals surface area contributed by atoms with Gasteiger partial charge >= 0.3 is 0 Å². The number of rotatable bonds is 5. The van der Waals surface area contributed by atoms with E-state index in [4.69, 9.17) is 4.74 Å². The molecule has 1 fully saturated rings. The van der Waals surface area contributed by atoms with Crippen LogP contribution >= 0.6 is 0 Å². The fourth-order valence-corrected chi connectivity index (χ4v) is 2.86. The molecule has 0 saturated heterocycles. The van der Waals surface area contributed by atoms with Gasteiger partial charge in [-0.3, -0.25) is 4.98 Å². The van der Waals surface area contributed by atoms with Crippen molar-refractivity contribution in [3.05, 3.63) is 36.4 Å². The van der Waals surface area contributed by atoms with Crippen molar-refractivity contribution >= 4 is 17.3 Å². The molecule has 0 unspecified atom stereocenters. The second-order valence-electron chi connectivity index (χ2n) is 5.96. The summed E-state index contributed by atoms with van der Waals surface area (Å²) in [5.41, 5.74) is 2.97. The topological polar surface area (TPSA) is 72.0 Å². The highest BCUT2D eigenvalue weighted by Gasteiger charge is 2.21. The van der Waals surface area contributed by atoms with E-state index < -0.39 is 0 Å². The van der Waals surface area contributed by atoms with E-state index in [2.05, 4.69) is 25.6 Å². The van der Waals surface area contributed by atoms with Crippen LogP contribution < -0.4 is 10.6 Å². The fourth-order valence-electron chi connectivity index (χ4n) is 2.86. The maximum absolute atomic E-state index is 5.40. The van der Waals surface area contributed by atoms with Crippen molar-refractivity contribution in [2.75, 3.05) is 17.7 Å². The first-order valence-electron chi connectivity index (χ1n) is 8.03. The third-order valence-electron chi connectivity index (χ3n) is 4.29. The SMILES string of the molecule is COC1CCC(Nc2ncc(Nc3ccncc3C)cn2)CC1. The number of hydrogen-bond acceptors (Lipinski definition) is 6. The second kappa shape index (κ2) is 7.37. The van der Waals surface area contributed by atoms with Crippen molar-refractivity contribution in [2.24, 2.45) is 0 Å². The third-order valence-corrected chi connectivity index (χ3v) is 4.29. The zero-order chi connectivity index (χ0) is 16.1. The highest BCUT2D eigenvalue weighted by atomic mass is 16.5. The maximum atomic E-state index is 5.40. The van der Waals surface area contributed by atoms with Gasteiger partial charge in [-0.2, -0.15) is 0 Å². The molecule has 23 heavy (non-hydrogen) atoms. The smallest absolute Gasteiger partial charge is 0.222 e. The molecule has 1 aliphatic carbocycles. The molecule has 1 saturated carbocycles. The molecule has 0 aromatic carbocycles. The summed E-state index contributed by atoms with van der Waals surface area (Å²) in [6, 6.07) is 2.37. The van der Waals surface area contributed by atoms with Gasteiger partial charge in [-0.15, -0.1) is 0 Å². The van der Waals surface area contributed by atoms with Crippen LogP contribution in [-0.2, 0) is 4.74 Å². The molecule has 0 spiro atoms. The lowest BCUT2D eigenvalue weighted by molar-refractivity contribution is 0.0681. The summed E-state index contributed by atoms with van der Waals surface area (Å²) in [7, 11) is 1.79. The van der Waals surface area contributed by atoms with Crippen LogP contribution in [0.25, 0.3) is 0 Å². The van der Waals surface area contributed by atoms with Gasteiger partial charge in [0.25, 0.3) is 0 Å². The Morgan fingerprint density at radius 3 is 2.48 bits per heavy atom. The Morgan fingerprint density at radius 1 is 1.09 bits per heavy atom. The molecular formula is C17H23N5O. The van der Waals surface area contributed by atoms with E-state index in [1.807, 2.05) is 19.2 Å². The summed E-state index contributed by atoms with van der Waals surface area (Å²) in [6.45, 7) is 2.02. The molecule has 122 valence electrons. The van der Waals surface area contributed by atoms with Gasteiger partial charge in [0.15, 0.2) is 0 Å². The summed E-state index contributed by atoms with van der Waals surface area (Å²) >= 11 is 0. The van der Waals surface area contributed by atoms with Crippen molar-refractivity contribution in [1.29, 1.82) is 0 Å². The number of aromatic nitrogens is 3. The number of aryl methyl sites for hydroxylation is 1. The average molecular weight is 313 g/mol. The zero-order valence-corrected chi connectivity index (χ0v) is 13.6. The maximum Gasteiger partial charge on any atom is 0.222 e. The first-order valence-corrected chi connectivity index (χ1v) is 8.03. The average Bonchev–Trinajstić information content (AvgIpc) is 2.59. The van der Waals surface area contributed by atoms with Crippen LogP contribution in [0.3, 0.4) is 0 Å². The first kappa shape index (κ1) is 15.7. The molecule has 2 aromatic rings. The van der Waals surface area contributed by atoms with Crippen molar-refractivity contribution in [3.63, 3.8) is 0 Å². The minimum Gasteiger partial charge on any atom is -0.381 e. The third kappa shape index (κ3) is 4.16. The van der Waals surface area contributed by atoms with Gasteiger partial charge in [-0.05, 0) is 44.2 Å². The Kier molecular flexibility index (Phi) is 5.02. The van der Waals surface area contributed by atoms with Gasteiger partial charge in [-0.25, -0.2) is 9.97 Å². The molecule has 0 aliphatic heterocycles. The van der Waals surface area contributed by atoms with Gasteiger partial charge in [0.2, 0.25) is 5.95 Å².